The number of hydrogen-bond donors (Lipinski definition) is 2. The summed E-state index contributed by atoms with van der Waals surface area (Å²) >= 11 is 0. The SMILES string of the molecule is Cc1ccc2c(c1)CCCC(O)N2. The van der Waals surface area contributed by atoms with Gasteiger partial charge in [-0.2, -0.15) is 0 Å². The third-order valence-corrected chi connectivity index (χ3v) is 2.51. The number of benzene rings is 1. The Morgan fingerprint density at radius 3 is 3.15 bits per heavy atom. The lowest BCUT2D eigenvalue weighted by molar-refractivity contribution is 0.192. The second-order valence-electron chi connectivity index (χ2n) is 3.71. The van der Waals surface area contributed by atoms with Crippen LogP contribution in [0.15, 0.2) is 18.2 Å². The topological polar surface area (TPSA) is 32.3 Å². The van der Waals surface area contributed by atoms with Gasteiger partial charge in [0.2, 0.25) is 0 Å². The molecule has 1 atom stereocenters. The number of anilines is 1. The Morgan fingerprint density at radius 1 is 1.46 bits per heavy atom. The van der Waals surface area contributed by atoms with E-state index in [1.165, 1.54) is 11.1 Å². The molecule has 0 aromatic heterocycles. The van der Waals surface area contributed by atoms with E-state index in [0.717, 1.165) is 24.9 Å². The summed E-state index contributed by atoms with van der Waals surface area (Å²) in [6.45, 7) is 2.10. The Balaban J connectivity index is 2.34. The Hall–Kier alpha value is -1.02. The van der Waals surface area contributed by atoms with E-state index in [1.54, 1.807) is 0 Å². The highest BCUT2D eigenvalue weighted by Gasteiger charge is 2.12. The van der Waals surface area contributed by atoms with Gasteiger partial charge in [0, 0.05) is 5.69 Å². The van der Waals surface area contributed by atoms with Gasteiger partial charge in [-0.15, -0.1) is 0 Å². The van der Waals surface area contributed by atoms with Gasteiger partial charge >= 0.3 is 0 Å². The Kier molecular flexibility index (Phi) is 2.23. The highest BCUT2D eigenvalue weighted by molar-refractivity contribution is 5.53. The second-order valence-corrected chi connectivity index (χ2v) is 3.71. The van der Waals surface area contributed by atoms with Crippen LogP contribution in [0.25, 0.3) is 0 Å². The molecule has 0 amide bonds. The first kappa shape index (κ1) is 8.57. The van der Waals surface area contributed by atoms with Crippen LogP contribution < -0.4 is 5.32 Å². The van der Waals surface area contributed by atoms with Crippen molar-refractivity contribution in [3.05, 3.63) is 29.3 Å². The number of fused-ring (bicyclic) bond motifs is 1. The summed E-state index contributed by atoms with van der Waals surface area (Å²) in [4.78, 5) is 0. The molecular weight excluding hydrogens is 162 g/mol. The van der Waals surface area contributed by atoms with E-state index in [9.17, 15) is 5.11 Å². The van der Waals surface area contributed by atoms with Gasteiger partial charge in [-0.25, -0.2) is 0 Å². The maximum absolute atomic E-state index is 9.49. The van der Waals surface area contributed by atoms with Gasteiger partial charge in [0.15, 0.2) is 0 Å². The molecule has 1 aromatic rings. The molecule has 0 saturated heterocycles. The summed E-state index contributed by atoms with van der Waals surface area (Å²) in [5.74, 6) is 0. The highest BCUT2D eigenvalue weighted by atomic mass is 16.3. The number of rotatable bonds is 0. The third-order valence-electron chi connectivity index (χ3n) is 2.51. The molecule has 0 fully saturated rings. The standard InChI is InChI=1S/C11H15NO/c1-8-5-6-10-9(7-8)3-2-4-11(13)12-10/h5-7,11-13H,2-4H2,1H3. The van der Waals surface area contributed by atoms with Crippen molar-refractivity contribution in [2.24, 2.45) is 0 Å². The monoisotopic (exact) mass is 177 g/mol. The first-order valence-corrected chi connectivity index (χ1v) is 4.80. The molecule has 2 rings (SSSR count). The van der Waals surface area contributed by atoms with Gasteiger partial charge < -0.3 is 10.4 Å². The van der Waals surface area contributed by atoms with Crippen molar-refractivity contribution < 1.29 is 5.11 Å². The molecule has 2 heteroatoms. The van der Waals surface area contributed by atoms with Gasteiger partial charge in [-0.1, -0.05) is 17.7 Å². The van der Waals surface area contributed by atoms with Crippen molar-refractivity contribution in [1.29, 1.82) is 0 Å². The zero-order chi connectivity index (χ0) is 9.26. The van der Waals surface area contributed by atoms with Crippen LogP contribution in [0, 0.1) is 6.92 Å². The van der Waals surface area contributed by atoms with Crippen LogP contribution >= 0.6 is 0 Å². The van der Waals surface area contributed by atoms with Crippen molar-refractivity contribution in [3.63, 3.8) is 0 Å². The number of nitrogens with one attached hydrogen (secondary N) is 1. The van der Waals surface area contributed by atoms with Crippen molar-refractivity contribution in [3.8, 4) is 0 Å². The fourth-order valence-corrected chi connectivity index (χ4v) is 1.81. The Morgan fingerprint density at radius 2 is 2.31 bits per heavy atom. The summed E-state index contributed by atoms with van der Waals surface area (Å²) in [5.41, 5.74) is 3.71. The molecule has 0 bridgehead atoms. The minimum absolute atomic E-state index is 0.371. The van der Waals surface area contributed by atoms with E-state index in [2.05, 4.69) is 30.4 Å². The molecular formula is C11H15NO. The Labute approximate surface area is 78.6 Å². The lowest BCUT2D eigenvalue weighted by Gasteiger charge is -2.12. The average molecular weight is 177 g/mol. The predicted octanol–water partition coefficient (Wildman–Crippen LogP) is 2.06. The van der Waals surface area contributed by atoms with Crippen LogP contribution in [0.5, 0.6) is 0 Å². The third kappa shape index (κ3) is 1.83. The molecule has 1 unspecified atom stereocenters. The van der Waals surface area contributed by atoms with E-state index in [4.69, 9.17) is 0 Å². The molecule has 0 radical (unpaired) electrons. The van der Waals surface area contributed by atoms with E-state index >= 15 is 0 Å². The van der Waals surface area contributed by atoms with Crippen molar-refractivity contribution in [1.82, 2.24) is 0 Å². The number of aliphatic hydroxyl groups excluding tert-OH is 1. The molecule has 0 spiro atoms. The molecule has 1 aliphatic rings. The van der Waals surface area contributed by atoms with Crippen LogP contribution in [0.3, 0.4) is 0 Å². The lowest BCUT2D eigenvalue weighted by Crippen LogP contribution is -2.16. The van der Waals surface area contributed by atoms with E-state index in [1.807, 2.05) is 0 Å². The van der Waals surface area contributed by atoms with Crippen molar-refractivity contribution in [2.45, 2.75) is 32.4 Å². The van der Waals surface area contributed by atoms with Crippen LogP contribution in [0.4, 0.5) is 5.69 Å². The van der Waals surface area contributed by atoms with Crippen LogP contribution in [-0.4, -0.2) is 11.3 Å². The number of hydrogen-bond acceptors (Lipinski definition) is 2. The minimum atomic E-state index is -0.371. The molecule has 0 saturated carbocycles. The number of aryl methyl sites for hydroxylation is 2. The second kappa shape index (κ2) is 3.38. The van der Waals surface area contributed by atoms with Gasteiger partial charge in [0.25, 0.3) is 0 Å². The van der Waals surface area contributed by atoms with Crippen molar-refractivity contribution in [2.75, 3.05) is 5.32 Å². The van der Waals surface area contributed by atoms with Crippen LogP contribution in [0.1, 0.15) is 24.0 Å². The summed E-state index contributed by atoms with van der Waals surface area (Å²) in [7, 11) is 0. The predicted molar refractivity (Wildman–Crippen MR) is 53.7 cm³/mol. The summed E-state index contributed by atoms with van der Waals surface area (Å²) in [6, 6.07) is 6.32. The Bertz CT molecular complexity index is 309. The molecule has 0 aliphatic carbocycles. The van der Waals surface area contributed by atoms with E-state index in [-0.39, 0.29) is 6.23 Å². The molecule has 1 heterocycles. The molecule has 13 heavy (non-hydrogen) atoms. The zero-order valence-corrected chi connectivity index (χ0v) is 7.88. The molecule has 1 aromatic carbocycles. The average Bonchev–Trinajstić information content (AvgIpc) is 2.25. The fraction of sp³-hybridized carbons (Fsp3) is 0.455. The first-order valence-electron chi connectivity index (χ1n) is 4.80. The van der Waals surface area contributed by atoms with Gasteiger partial charge in [0.1, 0.15) is 6.23 Å². The van der Waals surface area contributed by atoms with Crippen LogP contribution in [0.2, 0.25) is 0 Å². The van der Waals surface area contributed by atoms with Crippen molar-refractivity contribution >= 4 is 5.69 Å². The molecule has 70 valence electrons. The smallest absolute Gasteiger partial charge is 0.124 e. The maximum atomic E-state index is 9.49. The minimum Gasteiger partial charge on any atom is -0.374 e. The summed E-state index contributed by atoms with van der Waals surface area (Å²) < 4.78 is 0. The van der Waals surface area contributed by atoms with E-state index in [0.29, 0.717) is 0 Å². The number of aliphatic hydroxyl groups is 1. The largest absolute Gasteiger partial charge is 0.374 e. The van der Waals surface area contributed by atoms with Gasteiger partial charge in [0.05, 0.1) is 0 Å². The fourth-order valence-electron chi connectivity index (χ4n) is 1.81. The molecule has 2 nitrogen and oxygen atoms in total. The van der Waals surface area contributed by atoms with Gasteiger partial charge in [-0.05, 0) is 37.8 Å². The van der Waals surface area contributed by atoms with Gasteiger partial charge in [-0.3, -0.25) is 0 Å². The maximum Gasteiger partial charge on any atom is 0.124 e. The molecule has 2 N–H and O–H groups in total. The zero-order valence-electron chi connectivity index (χ0n) is 7.88. The molecule has 1 aliphatic heterocycles. The summed E-state index contributed by atoms with van der Waals surface area (Å²) in [5, 5.41) is 12.6. The lowest BCUT2D eigenvalue weighted by atomic mass is 10.1. The quantitative estimate of drug-likeness (QED) is 0.635. The van der Waals surface area contributed by atoms with E-state index < -0.39 is 0 Å². The highest BCUT2D eigenvalue weighted by Crippen LogP contribution is 2.23. The first-order chi connectivity index (χ1) is 6.25. The van der Waals surface area contributed by atoms with Crippen LogP contribution in [-0.2, 0) is 6.42 Å². The summed E-state index contributed by atoms with van der Waals surface area (Å²) in [6.07, 6.45) is 2.60. The normalized spacial score (nSPS) is 21.5.